The van der Waals surface area contributed by atoms with Crippen LogP contribution in [-0.2, 0) is 4.74 Å². The number of likely N-dealkylation sites (tertiary alicyclic amines) is 1. The smallest absolute Gasteiger partial charge is 0.255 e. The normalized spacial score (nSPS) is 19.6. The van der Waals surface area contributed by atoms with Crippen LogP contribution in [0.25, 0.3) is 0 Å². The van der Waals surface area contributed by atoms with Gasteiger partial charge in [0.2, 0.25) is 0 Å². The number of amides is 1. The lowest BCUT2D eigenvalue weighted by Gasteiger charge is -2.16. The zero-order valence-corrected chi connectivity index (χ0v) is 10.5. The highest BCUT2D eigenvalue weighted by molar-refractivity contribution is 6.30. The third-order valence-corrected chi connectivity index (χ3v) is 3.13. The molecule has 1 aromatic rings. The van der Waals surface area contributed by atoms with Crippen molar-refractivity contribution in [2.75, 3.05) is 26.8 Å². The van der Waals surface area contributed by atoms with Crippen LogP contribution in [0, 0.1) is 5.92 Å². The highest BCUT2D eigenvalue weighted by Gasteiger charge is 2.26. The van der Waals surface area contributed by atoms with E-state index in [2.05, 4.69) is 4.98 Å². The fraction of sp³-hybridized carbons (Fsp3) is 0.500. The summed E-state index contributed by atoms with van der Waals surface area (Å²) in [7, 11) is 1.69. The van der Waals surface area contributed by atoms with Crippen LogP contribution in [0.5, 0.6) is 0 Å². The number of carbonyl (C=O) groups excluding carboxylic acids is 1. The predicted octanol–water partition coefficient (Wildman–Crippen LogP) is 1.84. The van der Waals surface area contributed by atoms with Crippen molar-refractivity contribution in [3.8, 4) is 0 Å². The Kier molecular flexibility index (Phi) is 3.97. The first-order valence-corrected chi connectivity index (χ1v) is 5.97. The molecule has 0 aliphatic carbocycles. The molecule has 1 aliphatic heterocycles. The van der Waals surface area contributed by atoms with Gasteiger partial charge >= 0.3 is 0 Å². The molecule has 1 atom stereocenters. The van der Waals surface area contributed by atoms with E-state index >= 15 is 0 Å². The lowest BCUT2D eigenvalue weighted by atomic mass is 10.1. The van der Waals surface area contributed by atoms with E-state index in [1.165, 1.54) is 6.20 Å². The quantitative estimate of drug-likeness (QED) is 0.827. The second-order valence-corrected chi connectivity index (χ2v) is 4.69. The molecule has 0 unspecified atom stereocenters. The van der Waals surface area contributed by atoms with Gasteiger partial charge in [0.05, 0.1) is 17.2 Å². The van der Waals surface area contributed by atoms with Crippen molar-refractivity contribution in [2.45, 2.75) is 6.42 Å². The van der Waals surface area contributed by atoms with E-state index in [4.69, 9.17) is 16.3 Å². The summed E-state index contributed by atoms with van der Waals surface area (Å²) in [6.07, 6.45) is 4.07. The van der Waals surface area contributed by atoms with E-state index in [9.17, 15) is 4.79 Å². The monoisotopic (exact) mass is 254 g/mol. The van der Waals surface area contributed by atoms with Crippen molar-refractivity contribution in [3.05, 3.63) is 29.0 Å². The van der Waals surface area contributed by atoms with Gasteiger partial charge in [-0.15, -0.1) is 0 Å². The minimum Gasteiger partial charge on any atom is -0.384 e. The Morgan fingerprint density at radius 1 is 1.65 bits per heavy atom. The Balaban J connectivity index is 2.02. The van der Waals surface area contributed by atoms with Crippen LogP contribution in [0.3, 0.4) is 0 Å². The number of hydrogen-bond acceptors (Lipinski definition) is 3. The molecule has 1 aromatic heterocycles. The highest BCUT2D eigenvalue weighted by Crippen LogP contribution is 2.19. The summed E-state index contributed by atoms with van der Waals surface area (Å²) in [5.41, 5.74) is 0.551. The van der Waals surface area contributed by atoms with Gasteiger partial charge in [-0.25, -0.2) is 0 Å². The van der Waals surface area contributed by atoms with Crippen LogP contribution in [0.1, 0.15) is 16.8 Å². The summed E-state index contributed by atoms with van der Waals surface area (Å²) < 4.78 is 5.11. The molecule has 0 aromatic carbocycles. The van der Waals surface area contributed by atoms with Crippen molar-refractivity contribution in [3.63, 3.8) is 0 Å². The SMILES string of the molecule is COC[C@H]1CCN(C(=O)c2cncc(Cl)c2)C1. The van der Waals surface area contributed by atoms with Crippen molar-refractivity contribution >= 4 is 17.5 Å². The molecule has 1 saturated heterocycles. The molecular weight excluding hydrogens is 240 g/mol. The highest BCUT2D eigenvalue weighted by atomic mass is 35.5. The zero-order valence-electron chi connectivity index (χ0n) is 9.73. The van der Waals surface area contributed by atoms with Crippen molar-refractivity contribution in [1.82, 2.24) is 9.88 Å². The summed E-state index contributed by atoms with van der Waals surface area (Å²) in [4.78, 5) is 17.9. The Morgan fingerprint density at radius 3 is 3.18 bits per heavy atom. The molecule has 17 heavy (non-hydrogen) atoms. The molecule has 5 heteroatoms. The summed E-state index contributed by atoms with van der Waals surface area (Å²) in [6, 6.07) is 1.65. The number of hydrogen-bond donors (Lipinski definition) is 0. The topological polar surface area (TPSA) is 42.4 Å². The molecule has 2 heterocycles. The first-order chi connectivity index (χ1) is 8.20. The number of rotatable bonds is 3. The van der Waals surface area contributed by atoms with Crippen LogP contribution in [-0.4, -0.2) is 42.6 Å². The van der Waals surface area contributed by atoms with Gasteiger partial charge in [-0.1, -0.05) is 11.6 Å². The van der Waals surface area contributed by atoms with Crippen LogP contribution in [0.4, 0.5) is 0 Å². The molecule has 1 aliphatic rings. The Bertz CT molecular complexity index is 411. The van der Waals surface area contributed by atoms with E-state index in [1.54, 1.807) is 19.4 Å². The number of methoxy groups -OCH3 is 1. The van der Waals surface area contributed by atoms with Crippen molar-refractivity contribution < 1.29 is 9.53 Å². The lowest BCUT2D eigenvalue weighted by molar-refractivity contribution is 0.0775. The van der Waals surface area contributed by atoms with Crippen LogP contribution < -0.4 is 0 Å². The number of aromatic nitrogens is 1. The van der Waals surface area contributed by atoms with Gasteiger partial charge < -0.3 is 9.64 Å². The van der Waals surface area contributed by atoms with Gasteiger partial charge in [0, 0.05) is 38.5 Å². The minimum atomic E-state index is -0.00129. The summed E-state index contributed by atoms with van der Waals surface area (Å²) in [5.74, 6) is 0.440. The molecule has 2 rings (SSSR count). The van der Waals surface area contributed by atoms with E-state index < -0.39 is 0 Å². The van der Waals surface area contributed by atoms with Crippen LogP contribution >= 0.6 is 11.6 Å². The van der Waals surface area contributed by atoms with E-state index in [0.717, 1.165) is 19.5 Å². The second-order valence-electron chi connectivity index (χ2n) is 4.25. The Labute approximate surface area is 106 Å². The number of carbonyl (C=O) groups is 1. The third kappa shape index (κ3) is 2.96. The molecular formula is C12H15ClN2O2. The van der Waals surface area contributed by atoms with Gasteiger partial charge in [-0.3, -0.25) is 9.78 Å². The maximum Gasteiger partial charge on any atom is 0.255 e. The molecule has 4 nitrogen and oxygen atoms in total. The lowest BCUT2D eigenvalue weighted by Crippen LogP contribution is -2.29. The maximum atomic E-state index is 12.1. The van der Waals surface area contributed by atoms with Crippen molar-refractivity contribution in [2.24, 2.45) is 5.92 Å². The first kappa shape index (κ1) is 12.3. The fourth-order valence-electron chi connectivity index (χ4n) is 2.10. The molecule has 0 radical (unpaired) electrons. The number of pyridine rings is 1. The minimum absolute atomic E-state index is 0.00129. The molecule has 0 saturated carbocycles. The average Bonchev–Trinajstić information content (AvgIpc) is 2.77. The maximum absolute atomic E-state index is 12.1. The standard InChI is InChI=1S/C12H15ClN2O2/c1-17-8-9-2-3-15(7-9)12(16)10-4-11(13)6-14-5-10/h4-6,9H,2-3,7-8H2,1H3/t9-/m0/s1. The van der Waals surface area contributed by atoms with Crippen LogP contribution in [0.2, 0.25) is 5.02 Å². The molecule has 0 spiro atoms. The van der Waals surface area contributed by atoms with Gasteiger partial charge in [0.25, 0.3) is 5.91 Å². The van der Waals surface area contributed by atoms with Gasteiger partial charge in [-0.2, -0.15) is 0 Å². The number of ether oxygens (including phenoxy) is 1. The largest absolute Gasteiger partial charge is 0.384 e. The summed E-state index contributed by atoms with van der Waals surface area (Å²) >= 11 is 5.82. The molecule has 1 fully saturated rings. The average molecular weight is 255 g/mol. The van der Waals surface area contributed by atoms with E-state index in [0.29, 0.717) is 23.1 Å². The zero-order chi connectivity index (χ0) is 12.3. The number of halogens is 1. The molecule has 1 amide bonds. The number of nitrogens with zero attached hydrogens (tertiary/aromatic N) is 2. The molecule has 0 N–H and O–H groups in total. The Hall–Kier alpha value is -1.13. The van der Waals surface area contributed by atoms with E-state index in [-0.39, 0.29) is 5.91 Å². The van der Waals surface area contributed by atoms with Gasteiger partial charge in [-0.05, 0) is 12.5 Å². The predicted molar refractivity (Wildman–Crippen MR) is 65.1 cm³/mol. The fourth-order valence-corrected chi connectivity index (χ4v) is 2.27. The molecule has 0 bridgehead atoms. The van der Waals surface area contributed by atoms with Gasteiger partial charge in [0.15, 0.2) is 0 Å². The summed E-state index contributed by atoms with van der Waals surface area (Å²) in [5, 5.41) is 0.489. The summed E-state index contributed by atoms with van der Waals surface area (Å²) in [6.45, 7) is 2.23. The first-order valence-electron chi connectivity index (χ1n) is 5.59. The third-order valence-electron chi connectivity index (χ3n) is 2.93. The van der Waals surface area contributed by atoms with E-state index in [1.807, 2.05) is 4.90 Å². The van der Waals surface area contributed by atoms with Gasteiger partial charge in [0.1, 0.15) is 0 Å². The molecule has 92 valence electrons. The van der Waals surface area contributed by atoms with Crippen LogP contribution in [0.15, 0.2) is 18.5 Å². The second kappa shape index (κ2) is 5.47. The van der Waals surface area contributed by atoms with Crippen molar-refractivity contribution in [1.29, 1.82) is 0 Å². The Morgan fingerprint density at radius 2 is 2.47 bits per heavy atom.